The lowest BCUT2D eigenvalue weighted by Gasteiger charge is -2.11. The fourth-order valence-corrected chi connectivity index (χ4v) is 1.52. The van der Waals surface area contributed by atoms with Crippen molar-refractivity contribution in [2.45, 2.75) is 26.2 Å². The molecule has 0 spiro atoms. The second-order valence-corrected chi connectivity index (χ2v) is 3.68. The summed E-state index contributed by atoms with van der Waals surface area (Å²) in [5.41, 5.74) is 1.12. The largest absolute Gasteiger partial charge is 0.497 e. The van der Waals surface area contributed by atoms with Crippen molar-refractivity contribution in [1.82, 2.24) is 0 Å². The molecule has 0 aliphatic rings. The van der Waals surface area contributed by atoms with Gasteiger partial charge in [0, 0.05) is 0 Å². The topological polar surface area (TPSA) is 35.5 Å². The fraction of sp³-hybridized carbons (Fsp3) is 0.462. The van der Waals surface area contributed by atoms with E-state index < -0.39 is 0 Å². The quantitative estimate of drug-likeness (QED) is 0.719. The zero-order chi connectivity index (χ0) is 12.0. The van der Waals surface area contributed by atoms with Crippen LogP contribution in [0.2, 0.25) is 0 Å². The molecule has 0 fully saturated rings. The van der Waals surface area contributed by atoms with Crippen molar-refractivity contribution in [3.8, 4) is 5.75 Å². The van der Waals surface area contributed by atoms with Gasteiger partial charge in [0.25, 0.3) is 0 Å². The number of benzene rings is 1. The summed E-state index contributed by atoms with van der Waals surface area (Å²) >= 11 is 0. The Hall–Kier alpha value is -1.51. The zero-order valence-corrected chi connectivity index (χ0v) is 10.0. The van der Waals surface area contributed by atoms with Gasteiger partial charge in [0.1, 0.15) is 5.75 Å². The molecule has 1 aromatic rings. The molecule has 3 nitrogen and oxygen atoms in total. The lowest BCUT2D eigenvalue weighted by molar-refractivity contribution is -0.143. The summed E-state index contributed by atoms with van der Waals surface area (Å²) in [5, 5.41) is 0. The van der Waals surface area contributed by atoms with Crippen molar-refractivity contribution in [3.63, 3.8) is 0 Å². The number of carbonyl (C=O) groups is 1. The maximum Gasteiger partial charge on any atom is 0.306 e. The lowest BCUT2D eigenvalue weighted by atomic mass is 9.98. The Morgan fingerprint density at radius 1 is 1.31 bits per heavy atom. The number of carbonyl (C=O) groups excluding carboxylic acids is 1. The van der Waals surface area contributed by atoms with Gasteiger partial charge in [-0.2, -0.15) is 0 Å². The molecule has 1 atom stereocenters. The molecule has 1 unspecified atom stereocenters. The standard InChI is InChI=1S/C13H18O3/c1-4-16-13(14)9-10(2)11-5-7-12(15-3)8-6-11/h5-8,10H,4,9H2,1-3H3. The minimum absolute atomic E-state index is 0.147. The second kappa shape index (κ2) is 6.16. The van der Waals surface area contributed by atoms with E-state index in [-0.39, 0.29) is 11.9 Å². The van der Waals surface area contributed by atoms with E-state index in [1.165, 1.54) is 0 Å². The first kappa shape index (κ1) is 12.6. The summed E-state index contributed by atoms with van der Waals surface area (Å²) < 4.78 is 9.99. The average Bonchev–Trinajstić information content (AvgIpc) is 2.29. The summed E-state index contributed by atoms with van der Waals surface area (Å²) in [6, 6.07) is 7.75. The van der Waals surface area contributed by atoms with Crippen LogP contribution >= 0.6 is 0 Å². The Bertz CT molecular complexity index is 330. The highest BCUT2D eigenvalue weighted by molar-refractivity contribution is 5.70. The predicted molar refractivity (Wildman–Crippen MR) is 62.7 cm³/mol. The minimum atomic E-state index is -0.147. The molecule has 16 heavy (non-hydrogen) atoms. The Morgan fingerprint density at radius 2 is 1.94 bits per heavy atom. The van der Waals surface area contributed by atoms with Gasteiger partial charge in [-0.1, -0.05) is 19.1 Å². The molecular formula is C13H18O3. The van der Waals surface area contributed by atoms with Gasteiger partial charge < -0.3 is 9.47 Å². The molecule has 1 aromatic carbocycles. The fourth-order valence-electron chi connectivity index (χ4n) is 1.52. The van der Waals surface area contributed by atoms with E-state index >= 15 is 0 Å². The van der Waals surface area contributed by atoms with E-state index in [0.29, 0.717) is 13.0 Å². The molecule has 0 radical (unpaired) electrons. The Kier molecular flexibility index (Phi) is 4.83. The first-order valence-electron chi connectivity index (χ1n) is 5.47. The molecule has 0 amide bonds. The number of methoxy groups -OCH3 is 1. The third kappa shape index (κ3) is 3.57. The van der Waals surface area contributed by atoms with E-state index in [1.807, 2.05) is 38.1 Å². The number of hydrogen-bond acceptors (Lipinski definition) is 3. The van der Waals surface area contributed by atoms with E-state index in [4.69, 9.17) is 9.47 Å². The predicted octanol–water partition coefficient (Wildman–Crippen LogP) is 2.75. The first-order chi connectivity index (χ1) is 7.67. The molecule has 0 aromatic heterocycles. The van der Waals surface area contributed by atoms with E-state index in [0.717, 1.165) is 11.3 Å². The van der Waals surface area contributed by atoms with Gasteiger partial charge in [0.05, 0.1) is 20.1 Å². The van der Waals surface area contributed by atoms with Crippen molar-refractivity contribution in [3.05, 3.63) is 29.8 Å². The van der Waals surface area contributed by atoms with Crippen LogP contribution in [0.3, 0.4) is 0 Å². The molecule has 0 aliphatic heterocycles. The normalized spacial score (nSPS) is 11.9. The SMILES string of the molecule is CCOC(=O)CC(C)c1ccc(OC)cc1. The highest BCUT2D eigenvalue weighted by Crippen LogP contribution is 2.22. The molecule has 88 valence electrons. The second-order valence-electron chi connectivity index (χ2n) is 3.68. The monoisotopic (exact) mass is 222 g/mol. The molecule has 0 heterocycles. The van der Waals surface area contributed by atoms with Crippen LogP contribution in [-0.2, 0) is 9.53 Å². The van der Waals surface area contributed by atoms with Crippen molar-refractivity contribution in [2.24, 2.45) is 0 Å². The van der Waals surface area contributed by atoms with Crippen LogP contribution in [-0.4, -0.2) is 19.7 Å². The maximum atomic E-state index is 11.3. The Morgan fingerprint density at radius 3 is 2.44 bits per heavy atom. The third-order valence-electron chi connectivity index (χ3n) is 2.46. The van der Waals surface area contributed by atoms with Crippen LogP contribution in [0.1, 0.15) is 31.7 Å². The molecule has 1 rings (SSSR count). The van der Waals surface area contributed by atoms with Crippen LogP contribution in [0.4, 0.5) is 0 Å². The van der Waals surface area contributed by atoms with Crippen molar-refractivity contribution in [2.75, 3.05) is 13.7 Å². The molecule has 3 heteroatoms. The molecule has 0 saturated carbocycles. The smallest absolute Gasteiger partial charge is 0.306 e. The minimum Gasteiger partial charge on any atom is -0.497 e. The third-order valence-corrected chi connectivity index (χ3v) is 2.46. The van der Waals surface area contributed by atoms with Gasteiger partial charge in [-0.05, 0) is 30.5 Å². The molecule has 0 saturated heterocycles. The average molecular weight is 222 g/mol. The van der Waals surface area contributed by atoms with Crippen LogP contribution < -0.4 is 4.74 Å². The van der Waals surface area contributed by atoms with Gasteiger partial charge in [-0.25, -0.2) is 0 Å². The van der Waals surface area contributed by atoms with Crippen molar-refractivity contribution < 1.29 is 14.3 Å². The molecular weight excluding hydrogens is 204 g/mol. The first-order valence-corrected chi connectivity index (χ1v) is 5.47. The maximum absolute atomic E-state index is 11.3. The van der Waals surface area contributed by atoms with Gasteiger partial charge in [0.2, 0.25) is 0 Å². The van der Waals surface area contributed by atoms with Crippen molar-refractivity contribution in [1.29, 1.82) is 0 Å². The summed E-state index contributed by atoms with van der Waals surface area (Å²) in [5.74, 6) is 0.850. The zero-order valence-electron chi connectivity index (χ0n) is 10.0. The summed E-state index contributed by atoms with van der Waals surface area (Å²) in [6.07, 6.45) is 0.417. The number of rotatable bonds is 5. The number of hydrogen-bond donors (Lipinski definition) is 0. The van der Waals surface area contributed by atoms with Crippen LogP contribution in [0.15, 0.2) is 24.3 Å². The highest BCUT2D eigenvalue weighted by Gasteiger charge is 2.11. The van der Waals surface area contributed by atoms with Crippen LogP contribution in [0, 0.1) is 0 Å². The summed E-state index contributed by atoms with van der Waals surface area (Å²) in [6.45, 7) is 4.27. The number of esters is 1. The Labute approximate surface area is 96.4 Å². The lowest BCUT2D eigenvalue weighted by Crippen LogP contribution is -2.08. The van der Waals surface area contributed by atoms with Gasteiger partial charge in [-0.3, -0.25) is 4.79 Å². The number of ether oxygens (including phenoxy) is 2. The molecule has 0 aliphatic carbocycles. The van der Waals surface area contributed by atoms with Gasteiger partial charge >= 0.3 is 5.97 Å². The van der Waals surface area contributed by atoms with Gasteiger partial charge in [0.15, 0.2) is 0 Å². The Balaban J connectivity index is 2.58. The van der Waals surface area contributed by atoms with E-state index in [1.54, 1.807) is 7.11 Å². The van der Waals surface area contributed by atoms with Crippen LogP contribution in [0.5, 0.6) is 5.75 Å². The van der Waals surface area contributed by atoms with E-state index in [9.17, 15) is 4.79 Å². The molecule has 0 bridgehead atoms. The van der Waals surface area contributed by atoms with Crippen LogP contribution in [0.25, 0.3) is 0 Å². The summed E-state index contributed by atoms with van der Waals surface area (Å²) in [7, 11) is 1.64. The van der Waals surface area contributed by atoms with Gasteiger partial charge in [-0.15, -0.1) is 0 Å². The molecule has 0 N–H and O–H groups in total. The van der Waals surface area contributed by atoms with Crippen molar-refractivity contribution >= 4 is 5.97 Å². The van der Waals surface area contributed by atoms with E-state index in [2.05, 4.69) is 0 Å². The summed E-state index contributed by atoms with van der Waals surface area (Å²) in [4.78, 5) is 11.3. The highest BCUT2D eigenvalue weighted by atomic mass is 16.5.